The molecule has 0 bridgehead atoms. The van der Waals surface area contributed by atoms with Crippen molar-refractivity contribution in [1.82, 2.24) is 0 Å². The van der Waals surface area contributed by atoms with Gasteiger partial charge >= 0.3 is 0 Å². The molecule has 1 aliphatic carbocycles. The summed E-state index contributed by atoms with van der Waals surface area (Å²) in [4.78, 5) is 13.2. The number of rotatable bonds is 3. The second-order valence-electron chi connectivity index (χ2n) is 4.81. The Morgan fingerprint density at radius 3 is 2.58 bits per heavy atom. The Balaban J connectivity index is 1.90. The zero-order valence-electron chi connectivity index (χ0n) is 10.2. The Morgan fingerprint density at radius 1 is 1.21 bits per heavy atom. The van der Waals surface area contributed by atoms with E-state index in [1.54, 1.807) is 0 Å². The monoisotopic (exact) mass is 398 g/mol. The molecule has 0 spiro atoms. The SMILES string of the molecule is O=C(c1cccc(C2CCC2)c1)c1cc(Br)c(Br)s1. The summed E-state index contributed by atoms with van der Waals surface area (Å²) in [5, 5.41) is 0. The van der Waals surface area contributed by atoms with Gasteiger partial charge in [0, 0.05) is 10.0 Å². The number of thiophene rings is 1. The molecule has 0 amide bonds. The molecule has 1 aromatic carbocycles. The molecule has 1 heterocycles. The van der Waals surface area contributed by atoms with Crippen molar-refractivity contribution < 1.29 is 4.79 Å². The van der Waals surface area contributed by atoms with E-state index in [2.05, 4.69) is 44.0 Å². The van der Waals surface area contributed by atoms with Gasteiger partial charge in [0.2, 0.25) is 5.78 Å². The molecule has 4 heteroatoms. The molecule has 2 aromatic rings. The molecule has 0 atom stereocenters. The van der Waals surface area contributed by atoms with E-state index in [0.717, 1.165) is 18.7 Å². The first kappa shape index (κ1) is 13.5. The van der Waals surface area contributed by atoms with Crippen LogP contribution in [0.15, 0.2) is 38.6 Å². The Morgan fingerprint density at radius 2 is 2.00 bits per heavy atom. The Labute approximate surface area is 133 Å². The lowest BCUT2D eigenvalue weighted by atomic mass is 9.79. The Kier molecular flexibility index (Phi) is 3.92. The highest BCUT2D eigenvalue weighted by Gasteiger charge is 2.21. The van der Waals surface area contributed by atoms with E-state index in [1.807, 2.05) is 18.2 Å². The predicted octanol–water partition coefficient (Wildman–Crippen LogP) is 5.77. The van der Waals surface area contributed by atoms with Gasteiger partial charge < -0.3 is 0 Å². The number of halogens is 2. The Bertz CT molecular complexity index is 609. The van der Waals surface area contributed by atoms with Gasteiger partial charge in [-0.15, -0.1) is 11.3 Å². The van der Waals surface area contributed by atoms with Crippen LogP contribution >= 0.6 is 43.2 Å². The average Bonchev–Trinajstić information content (AvgIpc) is 2.67. The third-order valence-corrected chi connectivity index (χ3v) is 6.85. The van der Waals surface area contributed by atoms with Crippen molar-refractivity contribution in [2.45, 2.75) is 25.2 Å². The summed E-state index contributed by atoms with van der Waals surface area (Å²) in [5.74, 6) is 0.770. The molecule has 0 radical (unpaired) electrons. The van der Waals surface area contributed by atoms with Crippen molar-refractivity contribution in [2.75, 3.05) is 0 Å². The summed E-state index contributed by atoms with van der Waals surface area (Å²) in [7, 11) is 0. The number of benzene rings is 1. The van der Waals surface area contributed by atoms with Gasteiger partial charge in [0.05, 0.1) is 8.66 Å². The molecule has 0 unspecified atom stereocenters. The number of hydrogen-bond donors (Lipinski definition) is 0. The van der Waals surface area contributed by atoms with Crippen molar-refractivity contribution >= 4 is 49.0 Å². The number of carbonyl (C=O) groups excluding carboxylic acids is 1. The van der Waals surface area contributed by atoms with Crippen molar-refractivity contribution in [3.8, 4) is 0 Å². The second kappa shape index (κ2) is 5.51. The molecule has 1 saturated carbocycles. The van der Waals surface area contributed by atoms with Crippen molar-refractivity contribution in [3.05, 3.63) is 54.6 Å². The molecular weight excluding hydrogens is 388 g/mol. The normalized spacial score (nSPS) is 15.3. The van der Waals surface area contributed by atoms with Crippen LogP contribution in [0, 0.1) is 0 Å². The fraction of sp³-hybridized carbons (Fsp3) is 0.267. The first-order chi connectivity index (χ1) is 9.15. The average molecular weight is 400 g/mol. The van der Waals surface area contributed by atoms with Gasteiger partial charge in [-0.05, 0) is 68.3 Å². The molecule has 3 rings (SSSR count). The van der Waals surface area contributed by atoms with Crippen LogP contribution in [-0.2, 0) is 0 Å². The molecule has 1 aromatic heterocycles. The zero-order chi connectivity index (χ0) is 13.4. The second-order valence-corrected chi connectivity index (χ2v) is 8.04. The van der Waals surface area contributed by atoms with Gasteiger partial charge in [-0.1, -0.05) is 24.6 Å². The minimum atomic E-state index is 0.109. The van der Waals surface area contributed by atoms with Gasteiger partial charge in [-0.25, -0.2) is 0 Å². The summed E-state index contributed by atoms with van der Waals surface area (Å²) in [6.07, 6.45) is 3.83. The van der Waals surface area contributed by atoms with Crippen LogP contribution in [0.3, 0.4) is 0 Å². The summed E-state index contributed by atoms with van der Waals surface area (Å²) < 4.78 is 1.90. The number of carbonyl (C=O) groups is 1. The minimum absolute atomic E-state index is 0.109. The molecule has 19 heavy (non-hydrogen) atoms. The van der Waals surface area contributed by atoms with E-state index in [0.29, 0.717) is 5.92 Å². The molecule has 0 N–H and O–H groups in total. The first-order valence-corrected chi connectivity index (χ1v) is 8.65. The van der Waals surface area contributed by atoms with E-state index < -0.39 is 0 Å². The van der Waals surface area contributed by atoms with E-state index in [-0.39, 0.29) is 5.78 Å². The lowest BCUT2D eigenvalue weighted by Crippen LogP contribution is -2.09. The summed E-state index contributed by atoms with van der Waals surface area (Å²) in [5.41, 5.74) is 2.11. The van der Waals surface area contributed by atoms with E-state index in [4.69, 9.17) is 0 Å². The molecule has 1 nitrogen and oxygen atoms in total. The maximum Gasteiger partial charge on any atom is 0.203 e. The smallest absolute Gasteiger partial charge is 0.203 e. The molecule has 98 valence electrons. The van der Waals surface area contributed by atoms with Gasteiger partial charge in [0.1, 0.15) is 0 Å². The quantitative estimate of drug-likeness (QED) is 0.598. The number of ketones is 1. The molecule has 0 saturated heterocycles. The first-order valence-electron chi connectivity index (χ1n) is 6.24. The van der Waals surface area contributed by atoms with Crippen LogP contribution in [0.5, 0.6) is 0 Å². The van der Waals surface area contributed by atoms with Crippen molar-refractivity contribution in [2.24, 2.45) is 0 Å². The van der Waals surface area contributed by atoms with Crippen LogP contribution in [0.4, 0.5) is 0 Å². The minimum Gasteiger partial charge on any atom is -0.288 e. The fourth-order valence-corrected chi connectivity index (χ4v) is 4.27. The maximum absolute atomic E-state index is 12.5. The van der Waals surface area contributed by atoms with Gasteiger partial charge in [0.25, 0.3) is 0 Å². The predicted molar refractivity (Wildman–Crippen MR) is 86.2 cm³/mol. The standard InChI is InChI=1S/C15H12Br2OS/c16-12-8-13(19-15(12)17)14(18)11-6-2-5-10(7-11)9-3-1-4-9/h2,5-9H,1,3-4H2. The molecule has 1 aliphatic rings. The van der Waals surface area contributed by atoms with Gasteiger partial charge in [-0.2, -0.15) is 0 Å². The summed E-state index contributed by atoms with van der Waals surface area (Å²) in [6.45, 7) is 0. The summed E-state index contributed by atoms with van der Waals surface area (Å²) in [6, 6.07) is 9.99. The fourth-order valence-electron chi connectivity index (χ4n) is 2.28. The topological polar surface area (TPSA) is 17.1 Å². The van der Waals surface area contributed by atoms with Crippen LogP contribution < -0.4 is 0 Å². The van der Waals surface area contributed by atoms with E-state index in [1.165, 1.54) is 36.2 Å². The lowest BCUT2D eigenvalue weighted by molar-refractivity contribution is 0.104. The van der Waals surface area contributed by atoms with Crippen LogP contribution in [0.2, 0.25) is 0 Å². The number of hydrogen-bond acceptors (Lipinski definition) is 2. The van der Waals surface area contributed by atoms with Crippen molar-refractivity contribution in [1.29, 1.82) is 0 Å². The summed E-state index contributed by atoms with van der Waals surface area (Å²) >= 11 is 8.33. The molecular formula is C15H12Br2OS. The third-order valence-electron chi connectivity index (χ3n) is 3.59. The van der Waals surface area contributed by atoms with Gasteiger partial charge in [-0.3, -0.25) is 4.79 Å². The van der Waals surface area contributed by atoms with Crippen LogP contribution in [-0.4, -0.2) is 5.78 Å². The van der Waals surface area contributed by atoms with Crippen LogP contribution in [0.1, 0.15) is 46.0 Å². The molecule has 1 fully saturated rings. The van der Waals surface area contributed by atoms with Crippen LogP contribution in [0.25, 0.3) is 0 Å². The largest absolute Gasteiger partial charge is 0.288 e. The molecule has 0 aliphatic heterocycles. The highest BCUT2D eigenvalue weighted by atomic mass is 79.9. The maximum atomic E-state index is 12.5. The Hall–Kier alpha value is -0.450. The lowest BCUT2D eigenvalue weighted by Gasteiger charge is -2.26. The zero-order valence-corrected chi connectivity index (χ0v) is 14.1. The highest BCUT2D eigenvalue weighted by Crippen LogP contribution is 2.37. The van der Waals surface area contributed by atoms with E-state index >= 15 is 0 Å². The third kappa shape index (κ3) is 2.71. The van der Waals surface area contributed by atoms with E-state index in [9.17, 15) is 4.79 Å². The highest BCUT2D eigenvalue weighted by molar-refractivity contribution is 9.13. The van der Waals surface area contributed by atoms with Crippen molar-refractivity contribution in [3.63, 3.8) is 0 Å². The van der Waals surface area contributed by atoms with Gasteiger partial charge in [0.15, 0.2) is 0 Å².